The van der Waals surface area contributed by atoms with E-state index in [4.69, 9.17) is 0 Å². The second kappa shape index (κ2) is 6.35. The van der Waals surface area contributed by atoms with Crippen molar-refractivity contribution in [3.05, 3.63) is 27.0 Å². The molecule has 1 rings (SSSR count). The van der Waals surface area contributed by atoms with Crippen molar-refractivity contribution < 1.29 is 10.0 Å². The molecule has 6 nitrogen and oxygen atoms in total. The maximum atomic E-state index is 10.9. The van der Waals surface area contributed by atoms with E-state index in [-0.39, 0.29) is 12.2 Å². The van der Waals surface area contributed by atoms with E-state index in [1.807, 2.05) is 6.26 Å². The van der Waals surface area contributed by atoms with Crippen molar-refractivity contribution in [2.45, 2.75) is 12.5 Å². The van der Waals surface area contributed by atoms with Crippen molar-refractivity contribution in [1.82, 2.24) is 4.98 Å². The van der Waals surface area contributed by atoms with Crippen LogP contribution in [0.25, 0.3) is 0 Å². The van der Waals surface area contributed by atoms with Crippen LogP contribution in [0.5, 0.6) is 0 Å². The number of thioether (sulfide) groups is 1. The van der Waals surface area contributed by atoms with E-state index in [9.17, 15) is 15.2 Å². The molecule has 1 heterocycles. The number of nitrogens with one attached hydrogen (secondary N) is 1. The summed E-state index contributed by atoms with van der Waals surface area (Å²) in [5, 5.41) is 23.8. The van der Waals surface area contributed by atoms with Gasteiger partial charge in [0.25, 0.3) is 0 Å². The van der Waals surface area contributed by atoms with Crippen LogP contribution in [0.3, 0.4) is 0 Å². The Morgan fingerprint density at radius 1 is 1.67 bits per heavy atom. The van der Waals surface area contributed by atoms with Gasteiger partial charge in [0.1, 0.15) is 11.9 Å². The van der Waals surface area contributed by atoms with Crippen molar-refractivity contribution in [3.8, 4) is 0 Å². The Kier molecular flexibility index (Phi) is 5.36. The number of pyridine rings is 1. The first-order valence-corrected chi connectivity index (χ1v) is 7.29. The fourth-order valence-corrected chi connectivity index (χ4v) is 2.56. The predicted octanol–water partition coefficient (Wildman–Crippen LogP) is 2.28. The highest BCUT2D eigenvalue weighted by Gasteiger charge is 2.23. The molecule has 100 valence electrons. The lowest BCUT2D eigenvalue weighted by Crippen LogP contribution is -2.36. The molecule has 0 saturated carbocycles. The normalized spacial score (nSPS) is 14.0. The summed E-state index contributed by atoms with van der Waals surface area (Å²) in [6.07, 6.45) is 4.54. The zero-order chi connectivity index (χ0) is 13.8. The lowest BCUT2D eigenvalue weighted by atomic mass is 10.1. The lowest BCUT2D eigenvalue weighted by Gasteiger charge is -2.23. The second-order valence-corrected chi connectivity index (χ2v) is 5.78. The number of aliphatic hydroxyl groups is 1. The molecule has 0 aliphatic heterocycles. The zero-order valence-corrected chi connectivity index (χ0v) is 12.4. The number of rotatable bonds is 6. The van der Waals surface area contributed by atoms with Crippen molar-refractivity contribution in [3.63, 3.8) is 0 Å². The van der Waals surface area contributed by atoms with Crippen LogP contribution in [-0.4, -0.2) is 39.2 Å². The molecule has 0 fully saturated rings. The molecule has 0 bridgehead atoms. The van der Waals surface area contributed by atoms with E-state index in [2.05, 4.69) is 26.2 Å². The van der Waals surface area contributed by atoms with Gasteiger partial charge in [0.05, 0.1) is 15.0 Å². The first kappa shape index (κ1) is 15.2. The molecule has 2 N–H and O–H groups in total. The SMILES string of the molecule is CSCC(C)(O)CNc1c(Br)cncc1[N+](=O)[O-]. The maximum Gasteiger partial charge on any atom is 0.311 e. The van der Waals surface area contributed by atoms with Gasteiger partial charge < -0.3 is 10.4 Å². The van der Waals surface area contributed by atoms with Gasteiger partial charge in [-0.2, -0.15) is 11.8 Å². The van der Waals surface area contributed by atoms with Gasteiger partial charge in [-0.25, -0.2) is 0 Å². The molecule has 0 aliphatic carbocycles. The molecule has 18 heavy (non-hydrogen) atoms. The Morgan fingerprint density at radius 3 is 2.89 bits per heavy atom. The summed E-state index contributed by atoms with van der Waals surface area (Å²) >= 11 is 4.72. The first-order valence-electron chi connectivity index (χ1n) is 5.10. The summed E-state index contributed by atoms with van der Waals surface area (Å²) in [5.74, 6) is 0.538. The van der Waals surface area contributed by atoms with E-state index >= 15 is 0 Å². The number of hydrogen-bond acceptors (Lipinski definition) is 6. The monoisotopic (exact) mass is 335 g/mol. The molecule has 8 heteroatoms. The Hall–Kier alpha value is -0.860. The Morgan fingerprint density at radius 2 is 2.33 bits per heavy atom. The number of aromatic nitrogens is 1. The number of nitro groups is 1. The zero-order valence-electron chi connectivity index (χ0n) is 10.0. The van der Waals surface area contributed by atoms with Gasteiger partial charge in [0.15, 0.2) is 0 Å². The third-order valence-corrected chi connectivity index (χ3v) is 3.69. The average molecular weight is 336 g/mol. The molecule has 1 unspecified atom stereocenters. The highest BCUT2D eigenvalue weighted by atomic mass is 79.9. The van der Waals surface area contributed by atoms with Crippen LogP contribution in [0, 0.1) is 10.1 Å². The predicted molar refractivity (Wildman–Crippen MR) is 76.1 cm³/mol. The molecule has 0 aliphatic rings. The minimum atomic E-state index is -0.935. The van der Waals surface area contributed by atoms with Crippen LogP contribution in [0.1, 0.15) is 6.92 Å². The molecule has 0 aromatic carbocycles. The Balaban J connectivity index is 2.87. The lowest BCUT2D eigenvalue weighted by molar-refractivity contribution is -0.384. The molecule has 1 aromatic rings. The number of anilines is 1. The van der Waals surface area contributed by atoms with E-state index in [0.717, 1.165) is 0 Å². The third-order valence-electron chi connectivity index (χ3n) is 2.18. The van der Waals surface area contributed by atoms with Gasteiger partial charge in [-0.1, -0.05) is 0 Å². The second-order valence-electron chi connectivity index (χ2n) is 4.06. The Bertz CT molecular complexity index is 442. The highest BCUT2D eigenvalue weighted by Crippen LogP contribution is 2.31. The standard InChI is InChI=1S/C10H14BrN3O3S/c1-10(15,6-18-2)5-13-9-7(11)3-12-4-8(9)14(16)17/h3-4,15H,5-6H2,1-2H3,(H,12,13). The van der Waals surface area contributed by atoms with Crippen molar-refractivity contribution in [1.29, 1.82) is 0 Å². The molecule has 0 spiro atoms. The molecular formula is C10H14BrN3O3S. The Labute approximate surface area is 117 Å². The molecule has 0 radical (unpaired) electrons. The van der Waals surface area contributed by atoms with Gasteiger partial charge in [-0.3, -0.25) is 15.1 Å². The summed E-state index contributed by atoms with van der Waals surface area (Å²) in [6.45, 7) is 1.90. The van der Waals surface area contributed by atoms with E-state index < -0.39 is 10.5 Å². The van der Waals surface area contributed by atoms with Gasteiger partial charge in [0, 0.05) is 18.5 Å². The third kappa shape index (κ3) is 4.11. The van der Waals surface area contributed by atoms with E-state index in [1.165, 1.54) is 24.2 Å². The molecule has 1 aromatic heterocycles. The van der Waals surface area contributed by atoms with Crippen LogP contribution in [0.2, 0.25) is 0 Å². The molecule has 0 saturated heterocycles. The van der Waals surface area contributed by atoms with Crippen LogP contribution < -0.4 is 5.32 Å². The summed E-state index contributed by atoms with van der Waals surface area (Å²) in [7, 11) is 0. The van der Waals surface area contributed by atoms with Gasteiger partial charge in [-0.15, -0.1) is 0 Å². The smallest absolute Gasteiger partial charge is 0.311 e. The van der Waals surface area contributed by atoms with Crippen molar-refractivity contribution >= 4 is 39.1 Å². The minimum Gasteiger partial charge on any atom is -0.387 e. The fourth-order valence-electron chi connectivity index (χ4n) is 1.38. The van der Waals surface area contributed by atoms with Gasteiger partial charge in [-0.05, 0) is 29.1 Å². The minimum absolute atomic E-state index is 0.121. The van der Waals surface area contributed by atoms with Crippen molar-refractivity contribution in [2.75, 3.05) is 23.9 Å². The topological polar surface area (TPSA) is 88.3 Å². The van der Waals surface area contributed by atoms with Crippen LogP contribution in [0.4, 0.5) is 11.4 Å². The molecule has 1 atom stereocenters. The molecule has 0 amide bonds. The summed E-state index contributed by atoms with van der Waals surface area (Å²) in [4.78, 5) is 14.1. The average Bonchev–Trinajstić information content (AvgIpc) is 2.26. The first-order chi connectivity index (χ1) is 8.37. The van der Waals surface area contributed by atoms with E-state index in [0.29, 0.717) is 15.9 Å². The number of nitrogens with zero attached hydrogens (tertiary/aromatic N) is 2. The van der Waals surface area contributed by atoms with Crippen LogP contribution in [-0.2, 0) is 0 Å². The van der Waals surface area contributed by atoms with Crippen LogP contribution in [0.15, 0.2) is 16.9 Å². The van der Waals surface area contributed by atoms with Gasteiger partial charge in [0.2, 0.25) is 0 Å². The highest BCUT2D eigenvalue weighted by molar-refractivity contribution is 9.10. The maximum absolute atomic E-state index is 10.9. The van der Waals surface area contributed by atoms with E-state index in [1.54, 1.807) is 6.92 Å². The van der Waals surface area contributed by atoms with Crippen molar-refractivity contribution in [2.24, 2.45) is 0 Å². The summed E-state index contributed by atoms with van der Waals surface area (Å²) < 4.78 is 0.497. The van der Waals surface area contributed by atoms with Crippen LogP contribution >= 0.6 is 27.7 Å². The van der Waals surface area contributed by atoms with Gasteiger partial charge >= 0.3 is 5.69 Å². The number of hydrogen-bond donors (Lipinski definition) is 2. The summed E-state index contributed by atoms with van der Waals surface area (Å²) in [6, 6.07) is 0. The quantitative estimate of drug-likeness (QED) is 0.612. The molecular weight excluding hydrogens is 322 g/mol. The largest absolute Gasteiger partial charge is 0.387 e. The number of halogens is 1. The summed E-state index contributed by atoms with van der Waals surface area (Å²) in [5.41, 5.74) is -0.726. The fraction of sp³-hybridized carbons (Fsp3) is 0.500.